The number of carbonyl (C=O) groups is 2. The number of anilines is 2. The van der Waals surface area contributed by atoms with Crippen LogP contribution in [0.3, 0.4) is 0 Å². The minimum atomic E-state index is -0.513. The van der Waals surface area contributed by atoms with Crippen molar-refractivity contribution in [1.29, 1.82) is 0 Å². The van der Waals surface area contributed by atoms with Crippen molar-refractivity contribution in [2.75, 3.05) is 23.8 Å². The van der Waals surface area contributed by atoms with Crippen molar-refractivity contribution in [2.45, 2.75) is 20.3 Å². The fourth-order valence-electron chi connectivity index (χ4n) is 2.24. The third kappa shape index (κ3) is 5.81. The number of hydrogen-bond donors (Lipinski definition) is 2. The molecule has 0 radical (unpaired) electrons. The van der Waals surface area contributed by atoms with E-state index < -0.39 is 4.92 Å². The summed E-state index contributed by atoms with van der Waals surface area (Å²) >= 11 is 0. The lowest BCUT2D eigenvalue weighted by Crippen LogP contribution is -2.22. The van der Waals surface area contributed by atoms with Crippen LogP contribution in [0.25, 0.3) is 0 Å². The van der Waals surface area contributed by atoms with Gasteiger partial charge in [-0.05, 0) is 43.2 Å². The lowest BCUT2D eigenvalue weighted by atomic mass is 10.2. The molecule has 0 spiro atoms. The van der Waals surface area contributed by atoms with Gasteiger partial charge < -0.3 is 15.4 Å². The number of rotatable bonds is 8. The Kier molecular flexibility index (Phi) is 6.87. The number of aryl methyl sites for hydroxylation is 1. The molecule has 2 N–H and O–H groups in total. The molecule has 1 amide bonds. The summed E-state index contributed by atoms with van der Waals surface area (Å²) in [4.78, 5) is 34.2. The van der Waals surface area contributed by atoms with Gasteiger partial charge in [-0.15, -0.1) is 0 Å². The van der Waals surface area contributed by atoms with Crippen LogP contribution in [-0.2, 0) is 9.53 Å². The Balaban J connectivity index is 1.91. The summed E-state index contributed by atoms with van der Waals surface area (Å²) < 4.78 is 5.05. The van der Waals surface area contributed by atoms with Gasteiger partial charge in [0.2, 0.25) is 5.91 Å². The van der Waals surface area contributed by atoms with Crippen LogP contribution in [0.4, 0.5) is 17.1 Å². The van der Waals surface area contributed by atoms with Crippen LogP contribution in [0.15, 0.2) is 42.5 Å². The maximum absolute atomic E-state index is 12.1. The molecule has 0 aliphatic carbocycles. The summed E-state index contributed by atoms with van der Waals surface area (Å²) in [6, 6.07) is 10.9. The Bertz CT molecular complexity index is 834. The van der Waals surface area contributed by atoms with E-state index in [0.29, 0.717) is 23.5 Å². The second-order valence-electron chi connectivity index (χ2n) is 5.87. The third-order valence-corrected chi connectivity index (χ3v) is 3.72. The molecule has 2 rings (SSSR count). The smallest absolute Gasteiger partial charge is 0.338 e. The molecular weight excluding hydrogens is 350 g/mol. The highest BCUT2D eigenvalue weighted by Crippen LogP contribution is 2.21. The maximum Gasteiger partial charge on any atom is 0.338 e. The Labute approximate surface area is 156 Å². The van der Waals surface area contributed by atoms with Crippen LogP contribution in [0.2, 0.25) is 0 Å². The van der Waals surface area contributed by atoms with Gasteiger partial charge in [0.25, 0.3) is 5.69 Å². The zero-order chi connectivity index (χ0) is 19.8. The zero-order valence-electron chi connectivity index (χ0n) is 15.2. The number of ether oxygens (including phenoxy) is 1. The fraction of sp³-hybridized carbons (Fsp3) is 0.263. The summed E-state index contributed by atoms with van der Waals surface area (Å²) in [7, 11) is 0. The first-order valence-electron chi connectivity index (χ1n) is 8.46. The summed E-state index contributed by atoms with van der Waals surface area (Å²) in [6.45, 7) is 4.02. The number of nitrogens with one attached hydrogen (secondary N) is 2. The highest BCUT2D eigenvalue weighted by atomic mass is 16.6. The van der Waals surface area contributed by atoms with Crippen LogP contribution >= 0.6 is 0 Å². The molecule has 2 aromatic rings. The van der Waals surface area contributed by atoms with E-state index in [4.69, 9.17) is 4.74 Å². The van der Waals surface area contributed by atoms with E-state index in [-0.39, 0.29) is 24.1 Å². The van der Waals surface area contributed by atoms with Crippen LogP contribution < -0.4 is 10.6 Å². The number of nitro benzene ring substituents is 1. The molecule has 0 atom stereocenters. The van der Waals surface area contributed by atoms with E-state index in [1.807, 2.05) is 6.92 Å². The first kappa shape index (κ1) is 19.9. The molecule has 27 heavy (non-hydrogen) atoms. The largest absolute Gasteiger partial charge is 0.462 e. The highest BCUT2D eigenvalue weighted by Gasteiger charge is 2.11. The van der Waals surface area contributed by atoms with Crippen LogP contribution in [0.5, 0.6) is 0 Å². The van der Waals surface area contributed by atoms with Crippen LogP contribution in [-0.4, -0.2) is 30.0 Å². The summed E-state index contributed by atoms with van der Waals surface area (Å²) in [6.07, 6.45) is 0.755. The van der Waals surface area contributed by atoms with Gasteiger partial charge in [-0.25, -0.2) is 4.79 Å². The molecule has 8 heteroatoms. The first-order chi connectivity index (χ1) is 12.9. The second-order valence-corrected chi connectivity index (χ2v) is 5.87. The van der Waals surface area contributed by atoms with E-state index >= 15 is 0 Å². The van der Waals surface area contributed by atoms with E-state index in [1.165, 1.54) is 12.1 Å². The Morgan fingerprint density at radius 3 is 2.48 bits per heavy atom. The topological polar surface area (TPSA) is 111 Å². The van der Waals surface area contributed by atoms with Crippen molar-refractivity contribution in [3.63, 3.8) is 0 Å². The first-order valence-corrected chi connectivity index (χ1v) is 8.46. The second kappa shape index (κ2) is 9.33. The van der Waals surface area contributed by atoms with E-state index in [9.17, 15) is 19.7 Å². The monoisotopic (exact) mass is 371 g/mol. The molecule has 0 aliphatic heterocycles. The van der Waals surface area contributed by atoms with Crippen LogP contribution in [0.1, 0.15) is 29.3 Å². The number of nitrogens with zero attached hydrogens (tertiary/aromatic N) is 1. The predicted octanol–water partition coefficient (Wildman–Crippen LogP) is 3.52. The van der Waals surface area contributed by atoms with Crippen molar-refractivity contribution in [3.8, 4) is 0 Å². The molecule has 0 heterocycles. The molecule has 0 saturated carbocycles. The quantitative estimate of drug-likeness (QED) is 0.417. The summed E-state index contributed by atoms with van der Waals surface area (Å²) in [5.74, 6) is -0.729. The van der Waals surface area contributed by atoms with Crippen molar-refractivity contribution in [1.82, 2.24) is 0 Å². The number of amides is 1. The van der Waals surface area contributed by atoms with Gasteiger partial charge in [0, 0.05) is 17.8 Å². The standard InChI is InChI=1S/C19H21N3O5/c1-3-10-27-19(24)14-5-7-15(8-6-14)20-12-18(23)21-17-11-16(22(25)26)9-4-13(17)2/h4-9,11,20H,3,10,12H2,1-2H3,(H,21,23). The minimum Gasteiger partial charge on any atom is -0.462 e. The van der Waals surface area contributed by atoms with Crippen LogP contribution in [0, 0.1) is 17.0 Å². The number of benzene rings is 2. The van der Waals surface area contributed by atoms with E-state index in [0.717, 1.165) is 12.0 Å². The number of non-ortho nitro benzene ring substituents is 1. The molecule has 142 valence electrons. The number of nitro groups is 1. The number of esters is 1. The Morgan fingerprint density at radius 1 is 1.15 bits per heavy atom. The van der Waals surface area contributed by atoms with Gasteiger partial charge in [0.05, 0.1) is 29.3 Å². The molecular formula is C19H21N3O5. The van der Waals surface area contributed by atoms with Gasteiger partial charge >= 0.3 is 5.97 Å². The summed E-state index contributed by atoms with van der Waals surface area (Å²) in [5, 5.41) is 16.4. The minimum absolute atomic E-state index is 0.0260. The maximum atomic E-state index is 12.1. The van der Waals surface area contributed by atoms with Gasteiger partial charge in [-0.1, -0.05) is 13.0 Å². The van der Waals surface area contributed by atoms with Crippen molar-refractivity contribution >= 4 is 28.9 Å². The highest BCUT2D eigenvalue weighted by molar-refractivity contribution is 5.95. The molecule has 8 nitrogen and oxygen atoms in total. The average Bonchev–Trinajstić information content (AvgIpc) is 2.66. The van der Waals surface area contributed by atoms with E-state index in [2.05, 4.69) is 10.6 Å². The summed E-state index contributed by atoms with van der Waals surface area (Å²) in [5.41, 5.74) is 2.13. The molecule has 0 bridgehead atoms. The molecule has 0 aliphatic rings. The van der Waals surface area contributed by atoms with Gasteiger partial charge in [-0.3, -0.25) is 14.9 Å². The van der Waals surface area contributed by atoms with Gasteiger partial charge in [0.1, 0.15) is 0 Å². The molecule has 0 unspecified atom stereocenters. The lowest BCUT2D eigenvalue weighted by Gasteiger charge is -2.10. The molecule has 0 fully saturated rings. The SMILES string of the molecule is CCCOC(=O)c1ccc(NCC(=O)Nc2cc([N+](=O)[O-])ccc2C)cc1. The number of hydrogen-bond acceptors (Lipinski definition) is 6. The van der Waals surface area contributed by atoms with E-state index in [1.54, 1.807) is 37.3 Å². The zero-order valence-corrected chi connectivity index (χ0v) is 15.2. The Hall–Kier alpha value is -3.42. The van der Waals surface area contributed by atoms with Gasteiger partial charge in [0.15, 0.2) is 0 Å². The Morgan fingerprint density at radius 2 is 1.85 bits per heavy atom. The van der Waals surface area contributed by atoms with Gasteiger partial charge in [-0.2, -0.15) is 0 Å². The van der Waals surface area contributed by atoms with Crippen molar-refractivity contribution in [2.24, 2.45) is 0 Å². The predicted molar refractivity (Wildman–Crippen MR) is 102 cm³/mol. The average molecular weight is 371 g/mol. The van der Waals surface area contributed by atoms with Crippen molar-refractivity contribution < 1.29 is 19.2 Å². The lowest BCUT2D eigenvalue weighted by molar-refractivity contribution is -0.384. The fourth-order valence-corrected chi connectivity index (χ4v) is 2.24. The normalized spacial score (nSPS) is 10.1. The molecule has 0 aromatic heterocycles. The molecule has 2 aromatic carbocycles. The molecule has 0 saturated heterocycles. The third-order valence-electron chi connectivity index (χ3n) is 3.72. The number of carbonyl (C=O) groups excluding carboxylic acids is 2. The van der Waals surface area contributed by atoms with Crippen molar-refractivity contribution in [3.05, 3.63) is 63.7 Å².